The highest BCUT2D eigenvalue weighted by Crippen LogP contribution is 2.20. The zero-order chi connectivity index (χ0) is 17.7. The Balaban J connectivity index is 1.82. The SMILES string of the molecule is CS(=O)(=O)N1CCCC1C(=O)NCCc1ccc(OC(F)F)cc1. The number of nitrogens with zero attached hydrogens (tertiary/aromatic N) is 1. The van der Waals surface area contributed by atoms with E-state index in [4.69, 9.17) is 0 Å². The van der Waals surface area contributed by atoms with E-state index < -0.39 is 22.7 Å². The van der Waals surface area contributed by atoms with E-state index in [2.05, 4.69) is 10.1 Å². The van der Waals surface area contributed by atoms with E-state index in [9.17, 15) is 22.0 Å². The maximum absolute atomic E-state index is 12.1. The molecule has 0 aromatic heterocycles. The van der Waals surface area contributed by atoms with E-state index in [0.29, 0.717) is 32.4 Å². The van der Waals surface area contributed by atoms with Gasteiger partial charge in [0.25, 0.3) is 0 Å². The number of ether oxygens (including phenoxy) is 1. The Labute approximate surface area is 139 Å². The second kappa shape index (κ2) is 7.89. The molecule has 1 aliphatic heterocycles. The molecule has 1 fully saturated rings. The number of hydrogen-bond donors (Lipinski definition) is 1. The highest BCUT2D eigenvalue weighted by Gasteiger charge is 2.36. The lowest BCUT2D eigenvalue weighted by molar-refractivity contribution is -0.124. The van der Waals surface area contributed by atoms with Crippen LogP contribution in [0.5, 0.6) is 5.75 Å². The molecular weight excluding hydrogens is 342 g/mol. The summed E-state index contributed by atoms with van der Waals surface area (Å²) in [5.41, 5.74) is 0.850. The number of carbonyl (C=O) groups is 1. The van der Waals surface area contributed by atoms with E-state index >= 15 is 0 Å². The van der Waals surface area contributed by atoms with Gasteiger partial charge in [-0.3, -0.25) is 4.79 Å². The van der Waals surface area contributed by atoms with Crippen molar-refractivity contribution in [3.8, 4) is 5.75 Å². The van der Waals surface area contributed by atoms with Gasteiger partial charge in [-0.1, -0.05) is 12.1 Å². The van der Waals surface area contributed by atoms with Gasteiger partial charge in [0.2, 0.25) is 15.9 Å². The molecule has 1 heterocycles. The molecule has 9 heteroatoms. The Morgan fingerprint density at radius 1 is 1.38 bits per heavy atom. The van der Waals surface area contributed by atoms with E-state index in [-0.39, 0.29) is 11.7 Å². The molecule has 0 aliphatic carbocycles. The quantitative estimate of drug-likeness (QED) is 0.795. The maximum Gasteiger partial charge on any atom is 0.387 e. The molecule has 0 bridgehead atoms. The molecule has 0 radical (unpaired) electrons. The number of sulfonamides is 1. The minimum atomic E-state index is -3.39. The van der Waals surface area contributed by atoms with Crippen LogP contribution in [0.25, 0.3) is 0 Å². The molecule has 2 rings (SSSR count). The van der Waals surface area contributed by atoms with Gasteiger partial charge in [0.1, 0.15) is 11.8 Å². The third-order valence-electron chi connectivity index (χ3n) is 3.79. The summed E-state index contributed by atoms with van der Waals surface area (Å²) in [6.45, 7) is -2.16. The van der Waals surface area contributed by atoms with Crippen molar-refractivity contribution in [2.24, 2.45) is 0 Å². The average molecular weight is 362 g/mol. The summed E-state index contributed by atoms with van der Waals surface area (Å²) in [6, 6.07) is 5.50. The normalized spacial score (nSPS) is 18.8. The van der Waals surface area contributed by atoms with Gasteiger partial charge in [0, 0.05) is 13.1 Å². The lowest BCUT2D eigenvalue weighted by atomic mass is 10.1. The zero-order valence-electron chi connectivity index (χ0n) is 13.2. The zero-order valence-corrected chi connectivity index (χ0v) is 14.1. The predicted octanol–water partition coefficient (Wildman–Crippen LogP) is 1.37. The first-order valence-electron chi connectivity index (χ1n) is 7.55. The summed E-state index contributed by atoms with van der Waals surface area (Å²) in [7, 11) is -3.39. The van der Waals surface area contributed by atoms with Crippen LogP contribution in [0.15, 0.2) is 24.3 Å². The van der Waals surface area contributed by atoms with Crippen molar-refractivity contribution in [2.75, 3.05) is 19.3 Å². The van der Waals surface area contributed by atoms with Crippen molar-refractivity contribution in [2.45, 2.75) is 31.9 Å². The molecule has 1 unspecified atom stereocenters. The van der Waals surface area contributed by atoms with Crippen molar-refractivity contribution >= 4 is 15.9 Å². The monoisotopic (exact) mass is 362 g/mol. The lowest BCUT2D eigenvalue weighted by Crippen LogP contribution is -2.45. The smallest absolute Gasteiger partial charge is 0.387 e. The lowest BCUT2D eigenvalue weighted by Gasteiger charge is -2.21. The van der Waals surface area contributed by atoms with Crippen LogP contribution in [0.4, 0.5) is 8.78 Å². The van der Waals surface area contributed by atoms with Crippen molar-refractivity contribution in [3.05, 3.63) is 29.8 Å². The molecule has 1 amide bonds. The summed E-state index contributed by atoms with van der Waals surface area (Å²) in [6.07, 6.45) is 2.78. The van der Waals surface area contributed by atoms with Crippen LogP contribution in [-0.4, -0.2) is 50.6 Å². The fourth-order valence-corrected chi connectivity index (χ4v) is 3.81. The average Bonchev–Trinajstić information content (AvgIpc) is 2.98. The van der Waals surface area contributed by atoms with Crippen molar-refractivity contribution in [1.29, 1.82) is 0 Å². The van der Waals surface area contributed by atoms with E-state index in [1.807, 2.05) is 0 Å². The minimum Gasteiger partial charge on any atom is -0.435 e. The Morgan fingerprint density at radius 3 is 2.62 bits per heavy atom. The summed E-state index contributed by atoms with van der Waals surface area (Å²) >= 11 is 0. The Morgan fingerprint density at radius 2 is 2.04 bits per heavy atom. The number of rotatable bonds is 7. The van der Waals surface area contributed by atoms with Crippen LogP contribution in [0.2, 0.25) is 0 Å². The molecule has 0 saturated carbocycles. The minimum absolute atomic E-state index is 0.0764. The van der Waals surface area contributed by atoms with Gasteiger partial charge in [-0.05, 0) is 37.0 Å². The number of amides is 1. The first-order valence-corrected chi connectivity index (χ1v) is 9.40. The molecule has 1 aliphatic rings. The topological polar surface area (TPSA) is 75.7 Å². The molecule has 1 aromatic rings. The fourth-order valence-electron chi connectivity index (χ4n) is 2.68. The van der Waals surface area contributed by atoms with Crippen LogP contribution >= 0.6 is 0 Å². The number of halogens is 2. The van der Waals surface area contributed by atoms with E-state index in [0.717, 1.165) is 11.8 Å². The number of nitrogens with one attached hydrogen (secondary N) is 1. The third kappa shape index (κ3) is 5.13. The van der Waals surface area contributed by atoms with Crippen LogP contribution in [-0.2, 0) is 21.2 Å². The van der Waals surface area contributed by atoms with Crippen LogP contribution in [0.3, 0.4) is 0 Å². The summed E-state index contributed by atoms with van der Waals surface area (Å²) in [4.78, 5) is 12.1. The highest BCUT2D eigenvalue weighted by molar-refractivity contribution is 7.88. The molecule has 1 aromatic carbocycles. The van der Waals surface area contributed by atoms with Gasteiger partial charge in [0.15, 0.2) is 0 Å². The Hall–Kier alpha value is -1.74. The van der Waals surface area contributed by atoms with Crippen molar-refractivity contribution in [1.82, 2.24) is 9.62 Å². The van der Waals surface area contributed by atoms with E-state index in [1.165, 1.54) is 16.4 Å². The third-order valence-corrected chi connectivity index (χ3v) is 5.08. The molecule has 134 valence electrons. The van der Waals surface area contributed by atoms with Gasteiger partial charge in [0.05, 0.1) is 6.26 Å². The number of benzene rings is 1. The van der Waals surface area contributed by atoms with Gasteiger partial charge in [-0.15, -0.1) is 0 Å². The maximum atomic E-state index is 12.1. The molecule has 1 atom stereocenters. The van der Waals surface area contributed by atoms with Gasteiger partial charge >= 0.3 is 6.61 Å². The summed E-state index contributed by atoms with van der Waals surface area (Å²) < 4.78 is 52.9. The first kappa shape index (κ1) is 18.6. The Bertz CT molecular complexity index is 665. The summed E-state index contributed by atoms with van der Waals surface area (Å²) in [5.74, 6) is -0.233. The van der Waals surface area contributed by atoms with Crippen LogP contribution in [0, 0.1) is 0 Å². The standard InChI is InChI=1S/C15H20F2N2O4S/c1-24(21,22)19-10-2-3-13(19)14(20)18-9-8-11-4-6-12(7-5-11)23-15(16)17/h4-7,13,15H,2-3,8-10H2,1H3,(H,18,20). The van der Waals surface area contributed by atoms with Gasteiger partial charge in [-0.2, -0.15) is 13.1 Å². The molecule has 1 saturated heterocycles. The molecule has 24 heavy (non-hydrogen) atoms. The number of alkyl halides is 2. The molecular formula is C15H20F2N2O4S. The van der Waals surface area contributed by atoms with Crippen molar-refractivity contribution in [3.63, 3.8) is 0 Å². The van der Waals surface area contributed by atoms with Gasteiger partial charge < -0.3 is 10.1 Å². The second-order valence-electron chi connectivity index (χ2n) is 5.60. The summed E-state index contributed by atoms with van der Waals surface area (Å²) in [5, 5.41) is 2.73. The van der Waals surface area contributed by atoms with Crippen LogP contribution in [0.1, 0.15) is 18.4 Å². The van der Waals surface area contributed by atoms with Crippen LogP contribution < -0.4 is 10.1 Å². The fraction of sp³-hybridized carbons (Fsp3) is 0.533. The van der Waals surface area contributed by atoms with E-state index in [1.54, 1.807) is 12.1 Å². The first-order chi connectivity index (χ1) is 11.3. The molecule has 1 N–H and O–H groups in total. The number of hydrogen-bond acceptors (Lipinski definition) is 4. The van der Waals surface area contributed by atoms with Crippen molar-refractivity contribution < 1.29 is 26.7 Å². The molecule has 0 spiro atoms. The Kier molecular flexibility index (Phi) is 6.11. The number of carbonyl (C=O) groups excluding carboxylic acids is 1. The molecule has 6 nitrogen and oxygen atoms in total. The highest BCUT2D eigenvalue weighted by atomic mass is 32.2. The predicted molar refractivity (Wildman–Crippen MR) is 84.4 cm³/mol. The second-order valence-corrected chi connectivity index (χ2v) is 7.53. The van der Waals surface area contributed by atoms with Gasteiger partial charge in [-0.25, -0.2) is 8.42 Å². The largest absolute Gasteiger partial charge is 0.435 e.